The van der Waals surface area contributed by atoms with E-state index in [1.807, 2.05) is 54.6 Å². The molecule has 7 nitrogen and oxygen atoms in total. The predicted octanol–water partition coefficient (Wildman–Crippen LogP) is 4.16. The summed E-state index contributed by atoms with van der Waals surface area (Å²) in [6.07, 6.45) is 0. The zero-order chi connectivity index (χ0) is 20.9. The van der Waals surface area contributed by atoms with E-state index < -0.39 is 0 Å². The number of rotatable bonds is 4. The van der Waals surface area contributed by atoms with Gasteiger partial charge in [-0.2, -0.15) is 0 Å². The summed E-state index contributed by atoms with van der Waals surface area (Å²) in [6, 6.07) is 18.6. The number of aromatic nitrogens is 2. The van der Waals surface area contributed by atoms with Crippen LogP contribution in [0.4, 0.5) is 16.3 Å². The molecule has 1 saturated heterocycles. The second-order valence-electron chi connectivity index (χ2n) is 6.92. The summed E-state index contributed by atoms with van der Waals surface area (Å²) in [5.74, 6) is 1.51. The van der Waals surface area contributed by atoms with Crippen LogP contribution in [0.25, 0.3) is 11.3 Å². The summed E-state index contributed by atoms with van der Waals surface area (Å²) in [5.41, 5.74) is 2.48. The fraction of sp³-hybridized carbons (Fsp3) is 0.227. The maximum Gasteiger partial charge on any atom is 0.321 e. The van der Waals surface area contributed by atoms with Crippen molar-refractivity contribution in [2.24, 2.45) is 0 Å². The van der Waals surface area contributed by atoms with Crippen molar-refractivity contribution >= 4 is 29.1 Å². The number of hydrogen-bond acceptors (Lipinski definition) is 5. The first-order chi connectivity index (χ1) is 14.6. The van der Waals surface area contributed by atoms with Crippen LogP contribution >= 0.6 is 11.6 Å². The SMILES string of the molecule is COc1cccc(NC(=O)N2CCN(c3ccc(-c4ccc(Cl)cc4)nn3)CC2)c1. The van der Waals surface area contributed by atoms with Crippen LogP contribution in [0.3, 0.4) is 0 Å². The van der Waals surface area contributed by atoms with Crippen LogP contribution in [0.15, 0.2) is 60.7 Å². The third-order valence-electron chi connectivity index (χ3n) is 5.00. The van der Waals surface area contributed by atoms with Crippen molar-refractivity contribution < 1.29 is 9.53 Å². The topological polar surface area (TPSA) is 70.6 Å². The molecule has 0 bridgehead atoms. The molecule has 2 heterocycles. The zero-order valence-electron chi connectivity index (χ0n) is 16.6. The fourth-order valence-electron chi connectivity index (χ4n) is 3.31. The van der Waals surface area contributed by atoms with Crippen LogP contribution in [0.5, 0.6) is 5.75 Å². The Bertz CT molecular complexity index is 1000. The minimum atomic E-state index is -0.118. The normalized spacial score (nSPS) is 13.8. The minimum Gasteiger partial charge on any atom is -0.497 e. The molecule has 0 unspecified atom stereocenters. The Kier molecular flexibility index (Phi) is 5.99. The molecule has 154 valence electrons. The number of carbonyl (C=O) groups excluding carboxylic acids is 1. The molecule has 0 radical (unpaired) electrons. The van der Waals surface area contributed by atoms with Crippen LogP contribution in [-0.4, -0.2) is 54.4 Å². The van der Waals surface area contributed by atoms with Crippen molar-refractivity contribution in [1.29, 1.82) is 0 Å². The molecule has 4 rings (SSSR count). The first kappa shape index (κ1) is 20.0. The highest BCUT2D eigenvalue weighted by atomic mass is 35.5. The Hall–Kier alpha value is -3.32. The summed E-state index contributed by atoms with van der Waals surface area (Å²) < 4.78 is 5.20. The number of halogens is 1. The quantitative estimate of drug-likeness (QED) is 0.682. The molecule has 2 aromatic carbocycles. The summed E-state index contributed by atoms with van der Waals surface area (Å²) >= 11 is 5.94. The van der Waals surface area contributed by atoms with Gasteiger partial charge in [0.25, 0.3) is 0 Å². The summed E-state index contributed by atoms with van der Waals surface area (Å²) in [6.45, 7) is 2.60. The Morgan fingerprint density at radius 3 is 2.43 bits per heavy atom. The maximum absolute atomic E-state index is 12.6. The van der Waals surface area contributed by atoms with Crippen molar-refractivity contribution in [3.05, 3.63) is 65.7 Å². The Balaban J connectivity index is 1.33. The second kappa shape index (κ2) is 9.00. The van der Waals surface area contributed by atoms with Crippen molar-refractivity contribution in [3.63, 3.8) is 0 Å². The molecule has 8 heteroatoms. The van der Waals surface area contributed by atoms with Gasteiger partial charge in [-0.3, -0.25) is 0 Å². The molecule has 2 amide bonds. The van der Waals surface area contributed by atoms with E-state index in [9.17, 15) is 4.79 Å². The van der Waals surface area contributed by atoms with Gasteiger partial charge in [0.2, 0.25) is 0 Å². The molecular weight excluding hydrogens is 402 g/mol. The van der Waals surface area contributed by atoms with Gasteiger partial charge in [0.1, 0.15) is 5.75 Å². The number of ether oxygens (including phenoxy) is 1. The van der Waals surface area contributed by atoms with Gasteiger partial charge in [-0.25, -0.2) is 4.79 Å². The van der Waals surface area contributed by atoms with Gasteiger partial charge in [-0.05, 0) is 36.4 Å². The van der Waals surface area contributed by atoms with Gasteiger partial charge in [-0.15, -0.1) is 10.2 Å². The lowest BCUT2D eigenvalue weighted by molar-refractivity contribution is 0.208. The maximum atomic E-state index is 12.6. The number of piperazine rings is 1. The molecule has 1 aliphatic heterocycles. The Labute approximate surface area is 180 Å². The van der Waals surface area contributed by atoms with Crippen molar-refractivity contribution in [2.45, 2.75) is 0 Å². The van der Waals surface area contributed by atoms with Crippen LogP contribution < -0.4 is 15.0 Å². The zero-order valence-corrected chi connectivity index (χ0v) is 17.3. The molecule has 0 aliphatic carbocycles. The third-order valence-corrected chi connectivity index (χ3v) is 5.25. The number of methoxy groups -OCH3 is 1. The Morgan fingerprint density at radius 1 is 1.00 bits per heavy atom. The number of nitrogens with zero attached hydrogens (tertiary/aromatic N) is 4. The van der Waals surface area contributed by atoms with Gasteiger partial charge in [0.05, 0.1) is 12.8 Å². The van der Waals surface area contributed by atoms with Crippen molar-refractivity contribution in [1.82, 2.24) is 15.1 Å². The first-order valence-corrected chi connectivity index (χ1v) is 10.0. The molecule has 3 aromatic rings. The van der Waals surface area contributed by atoms with E-state index in [-0.39, 0.29) is 6.03 Å². The summed E-state index contributed by atoms with van der Waals surface area (Å²) in [4.78, 5) is 16.5. The van der Waals surface area contributed by atoms with Crippen molar-refractivity contribution in [3.8, 4) is 17.0 Å². The number of anilines is 2. The smallest absolute Gasteiger partial charge is 0.321 e. The number of benzene rings is 2. The number of hydrogen-bond donors (Lipinski definition) is 1. The number of carbonyl (C=O) groups is 1. The highest BCUT2D eigenvalue weighted by Crippen LogP contribution is 2.22. The molecular formula is C22H22ClN5O2. The predicted molar refractivity (Wildman–Crippen MR) is 118 cm³/mol. The number of urea groups is 1. The first-order valence-electron chi connectivity index (χ1n) is 9.67. The van der Waals surface area contributed by atoms with E-state index in [0.29, 0.717) is 42.6 Å². The third kappa shape index (κ3) is 4.63. The number of nitrogens with one attached hydrogen (secondary N) is 1. The molecule has 1 aromatic heterocycles. The van der Waals surface area contributed by atoms with Gasteiger partial charge in [-0.1, -0.05) is 29.8 Å². The van der Waals surface area contributed by atoms with Crippen LogP contribution in [0.2, 0.25) is 5.02 Å². The average molecular weight is 424 g/mol. The molecule has 1 fully saturated rings. The lowest BCUT2D eigenvalue weighted by Gasteiger charge is -2.35. The van der Waals surface area contributed by atoms with Crippen molar-refractivity contribution in [2.75, 3.05) is 43.5 Å². The van der Waals surface area contributed by atoms with E-state index in [1.165, 1.54) is 0 Å². The average Bonchev–Trinajstić information content (AvgIpc) is 2.80. The number of amides is 2. The summed E-state index contributed by atoms with van der Waals surface area (Å²) in [5, 5.41) is 12.3. The van der Waals surface area contributed by atoms with E-state index >= 15 is 0 Å². The standard InChI is InChI=1S/C22H22ClN5O2/c1-30-19-4-2-3-18(15-19)24-22(29)28-13-11-27(12-14-28)21-10-9-20(25-26-21)16-5-7-17(23)8-6-16/h2-10,15H,11-14H2,1H3,(H,24,29). The van der Waals surface area contributed by atoms with E-state index in [1.54, 1.807) is 18.1 Å². The lowest BCUT2D eigenvalue weighted by Crippen LogP contribution is -2.50. The van der Waals surface area contributed by atoms with Crippen LogP contribution in [-0.2, 0) is 0 Å². The molecule has 0 atom stereocenters. The second-order valence-corrected chi connectivity index (χ2v) is 7.36. The van der Waals surface area contributed by atoms with E-state index in [4.69, 9.17) is 16.3 Å². The van der Waals surface area contributed by atoms with Gasteiger partial charge in [0.15, 0.2) is 5.82 Å². The molecule has 30 heavy (non-hydrogen) atoms. The monoisotopic (exact) mass is 423 g/mol. The summed E-state index contributed by atoms with van der Waals surface area (Å²) in [7, 11) is 1.60. The van der Waals surface area contributed by atoms with Crippen LogP contribution in [0.1, 0.15) is 0 Å². The highest BCUT2D eigenvalue weighted by molar-refractivity contribution is 6.30. The molecule has 1 aliphatic rings. The van der Waals surface area contributed by atoms with Gasteiger partial charge < -0.3 is 19.9 Å². The molecule has 0 saturated carbocycles. The fourth-order valence-corrected chi connectivity index (χ4v) is 3.44. The molecule has 1 N–H and O–H groups in total. The van der Waals surface area contributed by atoms with Gasteiger partial charge >= 0.3 is 6.03 Å². The molecule has 0 spiro atoms. The highest BCUT2D eigenvalue weighted by Gasteiger charge is 2.22. The lowest BCUT2D eigenvalue weighted by atomic mass is 10.1. The van der Waals surface area contributed by atoms with Crippen LogP contribution in [0, 0.1) is 0 Å². The van der Waals surface area contributed by atoms with Gasteiger partial charge in [0, 0.05) is 48.5 Å². The van der Waals surface area contributed by atoms with E-state index in [2.05, 4.69) is 20.4 Å². The largest absolute Gasteiger partial charge is 0.497 e. The van der Waals surface area contributed by atoms with E-state index in [0.717, 1.165) is 17.1 Å². The Morgan fingerprint density at radius 2 is 1.77 bits per heavy atom. The minimum absolute atomic E-state index is 0.118.